The number of anilines is 1. The average Bonchev–Trinajstić information content (AvgIpc) is 2.90. The fourth-order valence-electron chi connectivity index (χ4n) is 3.94. The molecule has 3 aliphatic rings. The van der Waals surface area contributed by atoms with E-state index in [1.165, 1.54) is 25.9 Å². The van der Waals surface area contributed by atoms with Crippen LogP contribution < -0.4 is 4.90 Å². The normalized spacial score (nSPS) is 30.3. The Labute approximate surface area is 117 Å². The Morgan fingerprint density at radius 2 is 1.90 bits per heavy atom. The highest BCUT2D eigenvalue weighted by atomic mass is 16.3. The van der Waals surface area contributed by atoms with Crippen molar-refractivity contribution in [3.8, 4) is 0 Å². The van der Waals surface area contributed by atoms with Gasteiger partial charge >= 0.3 is 0 Å². The maximum absolute atomic E-state index is 5.60. The SMILES string of the molecule is c1cc2cnnc(N3CC4CN(C5CC5)CC4C3)c2o1. The molecule has 2 aromatic rings. The van der Waals surface area contributed by atoms with Crippen LogP contribution in [0.1, 0.15) is 12.8 Å². The lowest BCUT2D eigenvalue weighted by molar-refractivity contribution is 0.306. The maximum Gasteiger partial charge on any atom is 0.195 e. The third kappa shape index (κ3) is 1.59. The van der Waals surface area contributed by atoms with E-state index in [1.54, 1.807) is 12.5 Å². The van der Waals surface area contributed by atoms with Gasteiger partial charge in [0.15, 0.2) is 11.4 Å². The molecule has 104 valence electrons. The number of rotatable bonds is 2. The van der Waals surface area contributed by atoms with E-state index in [9.17, 15) is 0 Å². The molecule has 1 aliphatic carbocycles. The van der Waals surface area contributed by atoms with Gasteiger partial charge in [-0.3, -0.25) is 4.90 Å². The minimum atomic E-state index is 0.794. The topological polar surface area (TPSA) is 45.4 Å². The fraction of sp³-hybridized carbons (Fsp3) is 0.600. The minimum Gasteiger partial charge on any atom is -0.460 e. The Morgan fingerprint density at radius 3 is 2.65 bits per heavy atom. The molecule has 0 amide bonds. The number of hydrogen-bond acceptors (Lipinski definition) is 5. The van der Waals surface area contributed by atoms with Gasteiger partial charge in [-0.05, 0) is 30.7 Å². The summed E-state index contributed by atoms with van der Waals surface area (Å²) in [5, 5.41) is 9.49. The highest BCUT2D eigenvalue weighted by Crippen LogP contribution is 2.39. The number of furan rings is 1. The van der Waals surface area contributed by atoms with Crippen LogP contribution in [0.2, 0.25) is 0 Å². The zero-order valence-corrected chi connectivity index (χ0v) is 11.4. The van der Waals surface area contributed by atoms with Crippen molar-refractivity contribution >= 4 is 16.8 Å². The molecule has 2 aliphatic heterocycles. The van der Waals surface area contributed by atoms with Crippen molar-refractivity contribution in [1.82, 2.24) is 15.1 Å². The lowest BCUT2D eigenvalue weighted by atomic mass is 10.0. The molecule has 2 atom stereocenters. The monoisotopic (exact) mass is 270 g/mol. The first kappa shape index (κ1) is 11.1. The van der Waals surface area contributed by atoms with Gasteiger partial charge in [0.2, 0.25) is 0 Å². The highest BCUT2D eigenvalue weighted by molar-refractivity contribution is 5.86. The van der Waals surface area contributed by atoms with E-state index in [1.807, 2.05) is 6.07 Å². The third-order valence-electron chi connectivity index (χ3n) is 5.13. The summed E-state index contributed by atoms with van der Waals surface area (Å²) in [6.07, 6.45) is 6.33. The molecule has 0 N–H and O–H groups in total. The van der Waals surface area contributed by atoms with E-state index in [4.69, 9.17) is 4.42 Å². The Bertz CT molecular complexity index is 636. The minimum absolute atomic E-state index is 0.794. The van der Waals surface area contributed by atoms with Crippen molar-refractivity contribution in [2.24, 2.45) is 11.8 Å². The summed E-state index contributed by atoms with van der Waals surface area (Å²) in [7, 11) is 0. The molecular weight excluding hydrogens is 252 g/mol. The Morgan fingerprint density at radius 1 is 1.10 bits per heavy atom. The van der Waals surface area contributed by atoms with Gasteiger partial charge < -0.3 is 9.32 Å². The summed E-state index contributed by atoms with van der Waals surface area (Å²) in [6, 6.07) is 2.86. The molecule has 5 rings (SSSR count). The zero-order chi connectivity index (χ0) is 13.1. The van der Waals surface area contributed by atoms with Crippen LogP contribution in [0, 0.1) is 11.8 Å². The number of hydrogen-bond donors (Lipinski definition) is 0. The van der Waals surface area contributed by atoms with Crippen LogP contribution in [0.4, 0.5) is 5.82 Å². The van der Waals surface area contributed by atoms with Crippen molar-refractivity contribution in [1.29, 1.82) is 0 Å². The predicted octanol–water partition coefficient (Wildman–Crippen LogP) is 1.75. The van der Waals surface area contributed by atoms with Gasteiger partial charge in [-0.25, -0.2) is 0 Å². The number of fused-ring (bicyclic) bond motifs is 2. The lowest BCUT2D eigenvalue weighted by Crippen LogP contribution is -2.30. The van der Waals surface area contributed by atoms with E-state index in [-0.39, 0.29) is 0 Å². The van der Waals surface area contributed by atoms with Crippen LogP contribution in [-0.4, -0.2) is 47.3 Å². The van der Waals surface area contributed by atoms with Gasteiger partial charge in [0.1, 0.15) is 0 Å². The molecule has 5 nitrogen and oxygen atoms in total. The van der Waals surface area contributed by atoms with Gasteiger partial charge in [-0.2, -0.15) is 5.10 Å². The third-order valence-corrected chi connectivity index (χ3v) is 5.13. The van der Waals surface area contributed by atoms with E-state index < -0.39 is 0 Å². The van der Waals surface area contributed by atoms with Crippen molar-refractivity contribution < 1.29 is 4.42 Å². The van der Waals surface area contributed by atoms with Gasteiger partial charge in [0, 0.05) is 37.6 Å². The Balaban J connectivity index is 1.40. The first-order valence-corrected chi connectivity index (χ1v) is 7.56. The second-order valence-electron chi connectivity index (χ2n) is 6.48. The molecule has 2 saturated heterocycles. The number of aromatic nitrogens is 2. The van der Waals surface area contributed by atoms with Crippen molar-refractivity contribution in [3.63, 3.8) is 0 Å². The molecule has 4 heterocycles. The van der Waals surface area contributed by atoms with Crippen LogP contribution in [0.15, 0.2) is 22.9 Å². The molecular formula is C15H18N4O. The van der Waals surface area contributed by atoms with Crippen molar-refractivity contribution in [3.05, 3.63) is 18.5 Å². The maximum atomic E-state index is 5.60. The van der Waals surface area contributed by atoms with E-state index >= 15 is 0 Å². The first-order chi connectivity index (χ1) is 9.88. The van der Waals surface area contributed by atoms with Crippen LogP contribution in [0.5, 0.6) is 0 Å². The molecule has 2 unspecified atom stereocenters. The molecule has 20 heavy (non-hydrogen) atoms. The average molecular weight is 270 g/mol. The summed E-state index contributed by atoms with van der Waals surface area (Å²) in [6.45, 7) is 4.74. The van der Waals surface area contributed by atoms with Crippen LogP contribution >= 0.6 is 0 Å². The van der Waals surface area contributed by atoms with E-state index in [0.29, 0.717) is 0 Å². The van der Waals surface area contributed by atoms with Gasteiger partial charge in [0.05, 0.1) is 12.5 Å². The van der Waals surface area contributed by atoms with Crippen LogP contribution in [-0.2, 0) is 0 Å². The standard InChI is InChI=1S/C15H18N4O/c1-2-13(1)18-6-11-8-19(9-12(11)7-18)15-14-10(3-4-20-14)5-16-17-15/h3-5,11-13H,1-2,6-9H2. The summed E-state index contributed by atoms with van der Waals surface area (Å²) >= 11 is 0. The van der Waals surface area contributed by atoms with Gasteiger partial charge in [-0.15, -0.1) is 5.10 Å². The van der Waals surface area contributed by atoms with Crippen molar-refractivity contribution in [2.45, 2.75) is 18.9 Å². The Hall–Kier alpha value is -1.62. The second kappa shape index (κ2) is 3.95. The summed E-state index contributed by atoms with van der Waals surface area (Å²) in [4.78, 5) is 5.07. The van der Waals surface area contributed by atoms with Gasteiger partial charge in [0.25, 0.3) is 0 Å². The molecule has 0 radical (unpaired) electrons. The molecule has 3 fully saturated rings. The molecule has 2 aromatic heterocycles. The van der Waals surface area contributed by atoms with E-state index in [0.717, 1.165) is 47.8 Å². The van der Waals surface area contributed by atoms with Crippen LogP contribution in [0.25, 0.3) is 11.0 Å². The largest absolute Gasteiger partial charge is 0.460 e. The number of nitrogens with zero attached hydrogens (tertiary/aromatic N) is 4. The predicted molar refractivity (Wildman–Crippen MR) is 75.6 cm³/mol. The number of likely N-dealkylation sites (tertiary alicyclic amines) is 1. The summed E-state index contributed by atoms with van der Waals surface area (Å²) in [5.41, 5.74) is 0.888. The smallest absolute Gasteiger partial charge is 0.195 e. The van der Waals surface area contributed by atoms with Crippen LogP contribution in [0.3, 0.4) is 0 Å². The Kier molecular flexibility index (Phi) is 2.19. The fourth-order valence-corrected chi connectivity index (χ4v) is 3.94. The summed E-state index contributed by atoms with van der Waals surface area (Å²) in [5.74, 6) is 2.52. The van der Waals surface area contributed by atoms with Gasteiger partial charge in [-0.1, -0.05) is 0 Å². The van der Waals surface area contributed by atoms with Crippen molar-refractivity contribution in [2.75, 3.05) is 31.1 Å². The second-order valence-corrected chi connectivity index (χ2v) is 6.48. The summed E-state index contributed by atoms with van der Waals surface area (Å²) < 4.78 is 5.60. The first-order valence-electron chi connectivity index (χ1n) is 7.56. The highest BCUT2D eigenvalue weighted by Gasteiger charge is 2.44. The molecule has 1 saturated carbocycles. The van der Waals surface area contributed by atoms with E-state index in [2.05, 4.69) is 20.0 Å². The quantitative estimate of drug-likeness (QED) is 0.832. The molecule has 5 heteroatoms. The zero-order valence-electron chi connectivity index (χ0n) is 11.4. The molecule has 0 aromatic carbocycles. The molecule has 0 spiro atoms. The lowest BCUT2D eigenvalue weighted by Gasteiger charge is -2.21. The molecule has 0 bridgehead atoms.